The number of hydrogen-bond acceptors (Lipinski definition) is 6. The third kappa shape index (κ3) is 5.82. The van der Waals surface area contributed by atoms with Crippen LogP contribution in [0.1, 0.15) is 58.9 Å². The minimum Gasteiger partial charge on any atom is -0.497 e. The van der Waals surface area contributed by atoms with E-state index in [1.165, 1.54) is 7.11 Å². The number of pyridine rings is 1. The molecule has 0 spiro atoms. The summed E-state index contributed by atoms with van der Waals surface area (Å²) in [7, 11) is 3.16. The number of methoxy groups -OCH3 is 2. The van der Waals surface area contributed by atoms with Crippen molar-refractivity contribution in [2.24, 2.45) is 0 Å². The molecule has 1 saturated carbocycles. The standard InChI is InChI=1S/C27H32N4O4/c1-4-5-12-28-26(32)21-13-20-23(14-24(21)35-3)29-16-22(27(33)31-18-8-9-18)25(20)30-15-17-6-10-19(34-2)11-7-17/h6-7,10-11,13-14,16,18H,4-5,8-9,12,15H2,1-3H3,(H,28,32)(H,29,30)(H,31,33). The van der Waals surface area contributed by atoms with Gasteiger partial charge in [0, 0.05) is 36.8 Å². The number of hydrogen-bond donors (Lipinski definition) is 3. The highest BCUT2D eigenvalue weighted by molar-refractivity contribution is 6.10. The molecule has 0 bridgehead atoms. The molecule has 0 radical (unpaired) electrons. The van der Waals surface area contributed by atoms with Crippen molar-refractivity contribution in [1.29, 1.82) is 0 Å². The molecule has 1 aliphatic carbocycles. The summed E-state index contributed by atoms with van der Waals surface area (Å²) < 4.78 is 10.7. The number of amides is 2. The fourth-order valence-corrected chi connectivity index (χ4v) is 3.83. The molecule has 3 N–H and O–H groups in total. The molecule has 2 amide bonds. The Labute approximate surface area is 205 Å². The Kier molecular flexibility index (Phi) is 7.70. The molecule has 2 aromatic carbocycles. The monoisotopic (exact) mass is 476 g/mol. The summed E-state index contributed by atoms with van der Waals surface area (Å²) in [4.78, 5) is 30.5. The summed E-state index contributed by atoms with van der Waals surface area (Å²) in [6, 6.07) is 11.4. The minimum absolute atomic E-state index is 0.177. The first-order chi connectivity index (χ1) is 17.0. The van der Waals surface area contributed by atoms with Crippen LogP contribution in [0.5, 0.6) is 11.5 Å². The molecular weight excluding hydrogens is 444 g/mol. The van der Waals surface area contributed by atoms with Gasteiger partial charge < -0.3 is 25.4 Å². The van der Waals surface area contributed by atoms with Crippen molar-refractivity contribution in [2.75, 3.05) is 26.1 Å². The number of nitrogens with zero attached hydrogens (tertiary/aromatic N) is 1. The van der Waals surface area contributed by atoms with Crippen molar-refractivity contribution < 1.29 is 19.1 Å². The van der Waals surface area contributed by atoms with Gasteiger partial charge in [0.15, 0.2) is 0 Å². The van der Waals surface area contributed by atoms with Crippen LogP contribution in [0.2, 0.25) is 0 Å². The van der Waals surface area contributed by atoms with Crippen LogP contribution in [-0.2, 0) is 6.54 Å². The number of nitrogens with one attached hydrogen (secondary N) is 3. The Balaban J connectivity index is 1.73. The summed E-state index contributed by atoms with van der Waals surface area (Å²) >= 11 is 0. The number of carbonyl (C=O) groups is 2. The highest BCUT2D eigenvalue weighted by atomic mass is 16.5. The third-order valence-electron chi connectivity index (χ3n) is 6.04. The minimum atomic E-state index is -0.217. The first-order valence-electron chi connectivity index (χ1n) is 12.0. The van der Waals surface area contributed by atoms with Gasteiger partial charge in [0.25, 0.3) is 11.8 Å². The van der Waals surface area contributed by atoms with E-state index in [9.17, 15) is 9.59 Å². The number of carbonyl (C=O) groups excluding carboxylic acids is 2. The Morgan fingerprint density at radius 1 is 1.03 bits per heavy atom. The Morgan fingerprint density at radius 2 is 1.80 bits per heavy atom. The normalized spacial score (nSPS) is 12.8. The Morgan fingerprint density at radius 3 is 2.46 bits per heavy atom. The second kappa shape index (κ2) is 11.1. The smallest absolute Gasteiger partial charge is 0.255 e. The van der Waals surface area contributed by atoms with E-state index in [1.807, 2.05) is 24.3 Å². The lowest BCUT2D eigenvalue weighted by atomic mass is 10.0. The van der Waals surface area contributed by atoms with Crippen LogP contribution in [0.25, 0.3) is 10.9 Å². The fraction of sp³-hybridized carbons (Fsp3) is 0.370. The van der Waals surface area contributed by atoms with Gasteiger partial charge in [-0.25, -0.2) is 0 Å². The molecule has 8 nitrogen and oxygen atoms in total. The van der Waals surface area contributed by atoms with Gasteiger partial charge in [-0.2, -0.15) is 0 Å². The molecule has 1 heterocycles. The first-order valence-corrected chi connectivity index (χ1v) is 12.0. The van der Waals surface area contributed by atoms with E-state index in [2.05, 4.69) is 27.9 Å². The van der Waals surface area contributed by atoms with Gasteiger partial charge in [-0.15, -0.1) is 0 Å². The summed E-state index contributed by atoms with van der Waals surface area (Å²) in [6.45, 7) is 3.14. The molecule has 184 valence electrons. The molecule has 0 aliphatic heterocycles. The fourth-order valence-electron chi connectivity index (χ4n) is 3.83. The van der Waals surface area contributed by atoms with Crippen molar-refractivity contribution in [1.82, 2.24) is 15.6 Å². The highest BCUT2D eigenvalue weighted by Crippen LogP contribution is 2.33. The number of fused-ring (bicyclic) bond motifs is 1. The third-order valence-corrected chi connectivity index (χ3v) is 6.04. The Hall–Kier alpha value is -3.81. The van der Waals surface area contributed by atoms with E-state index in [4.69, 9.17) is 9.47 Å². The lowest BCUT2D eigenvalue weighted by molar-refractivity contribution is 0.0943. The lowest BCUT2D eigenvalue weighted by Gasteiger charge is -2.17. The summed E-state index contributed by atoms with van der Waals surface area (Å²) in [6.07, 6.45) is 5.43. The largest absolute Gasteiger partial charge is 0.497 e. The molecule has 1 aliphatic rings. The van der Waals surface area contributed by atoms with E-state index in [0.29, 0.717) is 46.6 Å². The zero-order valence-corrected chi connectivity index (χ0v) is 20.4. The van der Waals surface area contributed by atoms with Crippen LogP contribution >= 0.6 is 0 Å². The number of aromatic nitrogens is 1. The van der Waals surface area contributed by atoms with Crippen molar-refractivity contribution >= 4 is 28.4 Å². The van der Waals surface area contributed by atoms with Crippen molar-refractivity contribution in [3.05, 3.63) is 59.3 Å². The van der Waals surface area contributed by atoms with Gasteiger partial charge in [-0.05, 0) is 43.0 Å². The van der Waals surface area contributed by atoms with Crippen LogP contribution in [0, 0.1) is 0 Å². The van der Waals surface area contributed by atoms with Gasteiger partial charge in [0.05, 0.1) is 36.6 Å². The van der Waals surface area contributed by atoms with Crippen LogP contribution in [0.4, 0.5) is 5.69 Å². The van der Waals surface area contributed by atoms with E-state index in [1.54, 1.807) is 25.4 Å². The zero-order valence-electron chi connectivity index (χ0n) is 20.4. The van der Waals surface area contributed by atoms with Gasteiger partial charge in [0.2, 0.25) is 0 Å². The predicted octanol–water partition coefficient (Wildman–Crippen LogP) is 4.29. The average molecular weight is 477 g/mol. The number of benzene rings is 2. The summed E-state index contributed by atoms with van der Waals surface area (Å²) in [5.74, 6) is 0.823. The molecule has 35 heavy (non-hydrogen) atoms. The molecule has 8 heteroatoms. The van der Waals surface area contributed by atoms with E-state index in [-0.39, 0.29) is 17.9 Å². The maximum absolute atomic E-state index is 13.1. The maximum Gasteiger partial charge on any atom is 0.255 e. The second-order valence-corrected chi connectivity index (χ2v) is 8.68. The summed E-state index contributed by atoms with van der Waals surface area (Å²) in [5, 5.41) is 10.1. The molecule has 1 fully saturated rings. The predicted molar refractivity (Wildman–Crippen MR) is 136 cm³/mol. The summed E-state index contributed by atoms with van der Waals surface area (Å²) in [5.41, 5.74) is 3.14. The molecule has 0 unspecified atom stereocenters. The van der Waals surface area contributed by atoms with Crippen LogP contribution < -0.4 is 25.4 Å². The maximum atomic E-state index is 13.1. The van der Waals surface area contributed by atoms with Crippen molar-refractivity contribution in [2.45, 2.75) is 45.2 Å². The van der Waals surface area contributed by atoms with Crippen LogP contribution in [-0.4, -0.2) is 43.6 Å². The highest BCUT2D eigenvalue weighted by Gasteiger charge is 2.26. The SMILES string of the molecule is CCCCNC(=O)c1cc2c(NCc3ccc(OC)cc3)c(C(=O)NC3CC3)cnc2cc1OC. The van der Waals surface area contributed by atoms with E-state index >= 15 is 0 Å². The van der Waals surface area contributed by atoms with Gasteiger partial charge in [-0.3, -0.25) is 14.6 Å². The topological polar surface area (TPSA) is 102 Å². The number of rotatable bonds is 11. The lowest BCUT2D eigenvalue weighted by Crippen LogP contribution is -2.27. The van der Waals surface area contributed by atoms with E-state index in [0.717, 1.165) is 37.0 Å². The quantitative estimate of drug-likeness (QED) is 0.357. The van der Waals surface area contributed by atoms with Crippen molar-refractivity contribution in [3.63, 3.8) is 0 Å². The zero-order chi connectivity index (χ0) is 24.8. The van der Waals surface area contributed by atoms with Gasteiger partial charge >= 0.3 is 0 Å². The van der Waals surface area contributed by atoms with Gasteiger partial charge in [-0.1, -0.05) is 25.5 Å². The Bertz CT molecular complexity index is 1210. The van der Waals surface area contributed by atoms with Crippen LogP contribution in [0.15, 0.2) is 42.6 Å². The van der Waals surface area contributed by atoms with Gasteiger partial charge in [0.1, 0.15) is 11.5 Å². The molecule has 0 saturated heterocycles. The molecular formula is C27H32N4O4. The first kappa shape index (κ1) is 24.3. The second-order valence-electron chi connectivity index (χ2n) is 8.68. The van der Waals surface area contributed by atoms with E-state index < -0.39 is 0 Å². The number of anilines is 1. The molecule has 1 aromatic heterocycles. The molecule has 4 rings (SSSR count). The molecule has 0 atom stereocenters. The van der Waals surface area contributed by atoms with Crippen molar-refractivity contribution in [3.8, 4) is 11.5 Å². The average Bonchev–Trinajstić information content (AvgIpc) is 3.70. The van der Waals surface area contributed by atoms with Crippen LogP contribution in [0.3, 0.4) is 0 Å². The molecule has 3 aromatic rings. The number of unbranched alkanes of at least 4 members (excludes halogenated alkanes) is 1. The number of ether oxygens (including phenoxy) is 2.